The minimum atomic E-state index is 0. The first-order valence-electron chi connectivity index (χ1n) is 0.816. The van der Waals surface area contributed by atoms with Gasteiger partial charge in [0.25, 0.3) is 0 Å². The van der Waals surface area contributed by atoms with E-state index in [1.54, 1.807) is 0 Å². The maximum atomic E-state index is 8.25. The van der Waals surface area contributed by atoms with Crippen molar-refractivity contribution in [3.63, 3.8) is 0 Å². The third kappa shape index (κ3) is 945. The Hall–Kier alpha value is 0.450. The van der Waals surface area contributed by atoms with E-state index in [-0.39, 0.29) is 36.5 Å². The Labute approximate surface area is 61.5 Å². The zero-order valence-corrected chi connectivity index (χ0v) is 6.60. The molecule has 0 unspecified atom stereocenters. The van der Waals surface area contributed by atoms with Crippen LogP contribution in [0.25, 0.3) is 0 Å². The van der Waals surface area contributed by atoms with Crippen LogP contribution >= 0.6 is 0 Å². The summed E-state index contributed by atoms with van der Waals surface area (Å²) in [5, 5.41) is 16.5. The van der Waals surface area contributed by atoms with Gasteiger partial charge in [0.2, 0.25) is 0 Å². The fraction of sp³-hybridized carbons (Fsp3) is 1.00. The average molecular weight is 212 g/mol. The molecule has 0 rings (SSSR count). The molecule has 0 aromatic heterocycles. The van der Waals surface area contributed by atoms with Crippen LogP contribution < -0.4 is 24.3 Å². The van der Waals surface area contributed by atoms with E-state index in [4.69, 9.17) is 10.2 Å². The molecule has 0 N–H and O–H groups in total. The van der Waals surface area contributed by atoms with Crippen LogP contribution in [0.1, 0.15) is 0 Å². The minimum Gasteiger partial charge on any atom is -1.00 e. The van der Waals surface area contributed by atoms with Crippen LogP contribution in [-0.2, 0) is 22.4 Å². The van der Waals surface area contributed by atoms with Gasteiger partial charge in [0.05, 0.1) is 0 Å². The van der Waals surface area contributed by atoms with Gasteiger partial charge in [0.15, 0.2) is 0 Å². The van der Waals surface area contributed by atoms with Crippen molar-refractivity contribution in [2.45, 2.75) is 0 Å². The molecule has 0 amide bonds. The summed E-state index contributed by atoms with van der Waals surface area (Å²) >= 11 is 0. The standard InChI is InChI=1S/2CH3O.3FH.Nb/c2*1-2;;;;/h2*1H3;3*1H;/q2*-1;;;;+5/p-3. The van der Waals surface area contributed by atoms with E-state index in [0.717, 1.165) is 14.2 Å². The molecule has 0 spiro atoms. The molecule has 52 valence electrons. The van der Waals surface area contributed by atoms with E-state index in [2.05, 4.69) is 0 Å². The second-order valence-electron chi connectivity index (χ2n) is 0. The summed E-state index contributed by atoms with van der Waals surface area (Å²) in [6, 6.07) is 0. The van der Waals surface area contributed by atoms with Gasteiger partial charge in [0, 0.05) is 0 Å². The Morgan fingerprint density at radius 2 is 0.625 bits per heavy atom. The second kappa shape index (κ2) is 1530. The van der Waals surface area contributed by atoms with Crippen molar-refractivity contribution in [2.75, 3.05) is 14.2 Å². The summed E-state index contributed by atoms with van der Waals surface area (Å²) in [6.45, 7) is 0. The third-order valence-corrected chi connectivity index (χ3v) is 0. The zero-order valence-electron chi connectivity index (χ0n) is 4.40. The molecule has 2 nitrogen and oxygen atoms in total. The van der Waals surface area contributed by atoms with Crippen molar-refractivity contribution in [3.8, 4) is 0 Å². The largest absolute Gasteiger partial charge is 5.00 e. The van der Waals surface area contributed by atoms with Gasteiger partial charge in [-0.3, -0.25) is 0 Å². The van der Waals surface area contributed by atoms with E-state index < -0.39 is 0 Å². The van der Waals surface area contributed by atoms with Crippen molar-refractivity contribution >= 4 is 0 Å². The van der Waals surface area contributed by atoms with Crippen molar-refractivity contribution in [1.29, 1.82) is 0 Å². The second-order valence-corrected chi connectivity index (χ2v) is 0. The number of hydrogen-bond donors (Lipinski definition) is 0. The first-order valence-corrected chi connectivity index (χ1v) is 0.816. The number of hydrogen-bond acceptors (Lipinski definition) is 2. The Morgan fingerprint density at radius 3 is 0.625 bits per heavy atom. The van der Waals surface area contributed by atoms with Gasteiger partial charge in [0.1, 0.15) is 0 Å². The van der Waals surface area contributed by atoms with Crippen LogP contribution in [-0.4, -0.2) is 14.2 Å². The molecule has 0 atom stereocenters. The Morgan fingerprint density at radius 1 is 0.625 bits per heavy atom. The molecular formula is C2H6F3NbO2. The van der Waals surface area contributed by atoms with Crippen molar-refractivity contribution in [2.24, 2.45) is 0 Å². The topological polar surface area (TPSA) is 46.1 Å². The Kier molecular flexibility index (Phi) is 14900. The molecule has 0 aliphatic carbocycles. The van der Waals surface area contributed by atoms with Crippen LogP contribution in [0.5, 0.6) is 0 Å². The molecular weight excluding hydrogens is 206 g/mol. The molecule has 0 heterocycles. The molecule has 0 radical (unpaired) electrons. The molecule has 0 saturated heterocycles. The van der Waals surface area contributed by atoms with Gasteiger partial charge in [-0.1, -0.05) is 0 Å². The molecule has 0 aromatic carbocycles. The predicted molar refractivity (Wildman–Crippen MR) is 11.8 cm³/mol. The first kappa shape index (κ1) is 78.1. The smallest absolute Gasteiger partial charge is 1.00 e. The van der Waals surface area contributed by atoms with E-state index in [0.29, 0.717) is 0 Å². The molecule has 0 saturated carbocycles. The van der Waals surface area contributed by atoms with Crippen LogP contribution in [0.3, 0.4) is 0 Å². The summed E-state index contributed by atoms with van der Waals surface area (Å²) < 4.78 is 0. The van der Waals surface area contributed by atoms with E-state index >= 15 is 0 Å². The van der Waals surface area contributed by atoms with Gasteiger partial charge in [-0.05, 0) is 0 Å². The zero-order chi connectivity index (χ0) is 4.00. The normalized spacial score (nSPS) is 1.50. The van der Waals surface area contributed by atoms with Crippen LogP contribution in [0.2, 0.25) is 0 Å². The summed E-state index contributed by atoms with van der Waals surface area (Å²) in [4.78, 5) is 0. The SMILES string of the molecule is C[O-].C[O-].[F-].[F-].[F-].[Nb+5]. The molecule has 0 aliphatic heterocycles. The molecule has 8 heavy (non-hydrogen) atoms. The summed E-state index contributed by atoms with van der Waals surface area (Å²) in [6.07, 6.45) is 0. The summed E-state index contributed by atoms with van der Waals surface area (Å²) in [5.74, 6) is 0. The molecule has 0 fully saturated rings. The minimum absolute atomic E-state index is 0. The molecule has 0 aromatic rings. The molecule has 0 bridgehead atoms. The molecule has 0 aliphatic rings. The summed E-state index contributed by atoms with van der Waals surface area (Å²) in [7, 11) is 1.50. The van der Waals surface area contributed by atoms with Crippen molar-refractivity contribution in [3.05, 3.63) is 0 Å². The van der Waals surface area contributed by atoms with E-state index in [9.17, 15) is 0 Å². The fourth-order valence-electron chi connectivity index (χ4n) is 0. The Balaban J connectivity index is -0.00000000167. The van der Waals surface area contributed by atoms with E-state index in [1.165, 1.54) is 0 Å². The maximum Gasteiger partial charge on any atom is 5.00 e. The van der Waals surface area contributed by atoms with Gasteiger partial charge in [-0.25, -0.2) is 0 Å². The monoisotopic (exact) mass is 212 g/mol. The fourth-order valence-corrected chi connectivity index (χ4v) is 0. The molecule has 6 heteroatoms. The predicted octanol–water partition coefficient (Wildman–Crippen LogP) is -11.0. The van der Waals surface area contributed by atoms with Crippen molar-refractivity contribution < 1.29 is 46.7 Å². The first-order chi connectivity index (χ1) is 2.00. The van der Waals surface area contributed by atoms with Gasteiger partial charge in [-0.2, -0.15) is 14.2 Å². The van der Waals surface area contributed by atoms with E-state index in [1.807, 2.05) is 0 Å². The summed E-state index contributed by atoms with van der Waals surface area (Å²) in [5.41, 5.74) is 0. The van der Waals surface area contributed by atoms with Crippen LogP contribution in [0, 0.1) is 0 Å². The van der Waals surface area contributed by atoms with Gasteiger partial charge in [-0.15, -0.1) is 0 Å². The van der Waals surface area contributed by atoms with Crippen molar-refractivity contribution in [1.82, 2.24) is 0 Å². The van der Waals surface area contributed by atoms with Gasteiger partial charge >= 0.3 is 22.4 Å². The average Bonchev–Trinajstić information content (AvgIpc) is 1.50. The quantitative estimate of drug-likeness (QED) is 0.374. The third-order valence-electron chi connectivity index (χ3n) is 0. The number of rotatable bonds is 0. The number of halogens is 3. The van der Waals surface area contributed by atoms with Crippen LogP contribution in [0.15, 0.2) is 0 Å². The van der Waals surface area contributed by atoms with Gasteiger partial charge < -0.3 is 24.3 Å². The van der Waals surface area contributed by atoms with Crippen LogP contribution in [0.4, 0.5) is 0 Å². The Bertz CT molecular complexity index is 15.2. The maximum absolute atomic E-state index is 8.25.